The summed E-state index contributed by atoms with van der Waals surface area (Å²) in [6, 6.07) is -0.310. The standard InChI is InChI=1S/C14H27NO2/c1-5-7-11(2)10-15-9-6-8-14(3,4)12(15)13(16)17/h11-12H,5-10H2,1-4H3,(H,16,17). The Morgan fingerprint density at radius 3 is 2.71 bits per heavy atom. The molecule has 0 aliphatic carbocycles. The van der Waals surface area contributed by atoms with Crippen molar-refractivity contribution in [3.05, 3.63) is 0 Å². The summed E-state index contributed by atoms with van der Waals surface area (Å²) in [5.74, 6) is -0.0610. The molecule has 0 aromatic rings. The van der Waals surface area contributed by atoms with Gasteiger partial charge in [-0.25, -0.2) is 0 Å². The average Bonchev–Trinajstić information content (AvgIpc) is 2.15. The average molecular weight is 241 g/mol. The Morgan fingerprint density at radius 2 is 2.18 bits per heavy atom. The molecule has 0 aromatic carbocycles. The van der Waals surface area contributed by atoms with Crippen LogP contribution >= 0.6 is 0 Å². The summed E-state index contributed by atoms with van der Waals surface area (Å²) in [4.78, 5) is 13.7. The molecule has 0 amide bonds. The first-order valence-electron chi connectivity index (χ1n) is 6.85. The molecule has 1 N–H and O–H groups in total. The van der Waals surface area contributed by atoms with Gasteiger partial charge in [0.15, 0.2) is 0 Å². The van der Waals surface area contributed by atoms with Crippen LogP contribution in [0, 0.1) is 11.3 Å². The minimum absolute atomic E-state index is 0.101. The highest BCUT2D eigenvalue weighted by Crippen LogP contribution is 2.35. The van der Waals surface area contributed by atoms with Gasteiger partial charge in [0.2, 0.25) is 0 Å². The van der Waals surface area contributed by atoms with Crippen molar-refractivity contribution in [2.75, 3.05) is 13.1 Å². The number of carbonyl (C=O) groups is 1. The van der Waals surface area contributed by atoms with Gasteiger partial charge in [-0.1, -0.05) is 34.1 Å². The zero-order chi connectivity index (χ0) is 13.1. The SMILES string of the molecule is CCCC(C)CN1CCCC(C)(C)C1C(=O)O. The summed E-state index contributed by atoms with van der Waals surface area (Å²) in [6.45, 7) is 10.4. The Bertz CT molecular complexity index is 263. The predicted octanol–water partition coefficient (Wildman–Crippen LogP) is 3.00. The van der Waals surface area contributed by atoms with Crippen molar-refractivity contribution in [1.82, 2.24) is 4.90 Å². The van der Waals surface area contributed by atoms with Crippen LogP contribution in [0.15, 0.2) is 0 Å². The molecular weight excluding hydrogens is 214 g/mol. The molecule has 1 fully saturated rings. The van der Waals surface area contributed by atoms with E-state index in [0.29, 0.717) is 5.92 Å². The van der Waals surface area contributed by atoms with Crippen molar-refractivity contribution in [1.29, 1.82) is 0 Å². The first-order valence-corrected chi connectivity index (χ1v) is 6.85. The van der Waals surface area contributed by atoms with Gasteiger partial charge in [0.05, 0.1) is 0 Å². The maximum Gasteiger partial charge on any atom is 0.321 e. The van der Waals surface area contributed by atoms with Crippen LogP contribution in [0.25, 0.3) is 0 Å². The van der Waals surface area contributed by atoms with E-state index in [-0.39, 0.29) is 11.5 Å². The molecule has 0 spiro atoms. The minimum atomic E-state index is -0.654. The first kappa shape index (κ1) is 14.5. The van der Waals surface area contributed by atoms with E-state index >= 15 is 0 Å². The lowest BCUT2D eigenvalue weighted by Crippen LogP contribution is -2.55. The summed E-state index contributed by atoms with van der Waals surface area (Å²) in [5.41, 5.74) is -0.101. The third-order valence-electron chi connectivity index (χ3n) is 3.93. The number of piperidine rings is 1. The van der Waals surface area contributed by atoms with Gasteiger partial charge in [-0.2, -0.15) is 0 Å². The van der Waals surface area contributed by atoms with Gasteiger partial charge in [-0.05, 0) is 37.1 Å². The van der Waals surface area contributed by atoms with Gasteiger partial charge >= 0.3 is 5.97 Å². The van der Waals surface area contributed by atoms with Gasteiger partial charge in [0, 0.05) is 6.54 Å². The maximum atomic E-state index is 11.5. The number of carboxylic acid groups (broad SMARTS) is 1. The van der Waals surface area contributed by atoms with Crippen molar-refractivity contribution < 1.29 is 9.90 Å². The molecule has 3 nitrogen and oxygen atoms in total. The number of carboxylic acids is 1. The second kappa shape index (κ2) is 5.85. The molecule has 17 heavy (non-hydrogen) atoms. The number of aliphatic carboxylic acids is 1. The zero-order valence-electron chi connectivity index (χ0n) is 11.7. The van der Waals surface area contributed by atoms with Crippen molar-refractivity contribution in [2.45, 2.75) is 59.4 Å². The van der Waals surface area contributed by atoms with Crippen LogP contribution in [0.5, 0.6) is 0 Å². The van der Waals surface area contributed by atoms with E-state index in [4.69, 9.17) is 0 Å². The molecule has 1 heterocycles. The fourth-order valence-electron chi connectivity index (χ4n) is 3.17. The van der Waals surface area contributed by atoms with E-state index in [1.165, 1.54) is 12.8 Å². The fourth-order valence-corrected chi connectivity index (χ4v) is 3.17. The Labute approximate surface area is 105 Å². The van der Waals surface area contributed by atoms with Crippen LogP contribution in [0.2, 0.25) is 0 Å². The molecular formula is C14H27NO2. The smallest absolute Gasteiger partial charge is 0.321 e. The Balaban J connectivity index is 2.71. The number of nitrogens with zero attached hydrogens (tertiary/aromatic N) is 1. The number of hydrogen-bond donors (Lipinski definition) is 1. The van der Waals surface area contributed by atoms with Gasteiger partial charge in [0.25, 0.3) is 0 Å². The van der Waals surface area contributed by atoms with Crippen molar-refractivity contribution >= 4 is 5.97 Å². The normalized spacial score (nSPS) is 26.7. The third kappa shape index (κ3) is 3.70. The van der Waals surface area contributed by atoms with Crippen LogP contribution in [0.1, 0.15) is 53.4 Å². The molecule has 1 rings (SSSR count). The zero-order valence-corrected chi connectivity index (χ0v) is 11.7. The van der Waals surface area contributed by atoms with Gasteiger partial charge in [-0.3, -0.25) is 9.69 Å². The molecule has 1 saturated heterocycles. The van der Waals surface area contributed by atoms with Crippen molar-refractivity contribution in [3.8, 4) is 0 Å². The predicted molar refractivity (Wildman–Crippen MR) is 70.1 cm³/mol. The minimum Gasteiger partial charge on any atom is -0.480 e. The largest absolute Gasteiger partial charge is 0.480 e. The summed E-state index contributed by atoms with van der Waals surface area (Å²) in [5, 5.41) is 9.45. The second-order valence-corrected chi connectivity index (χ2v) is 6.22. The number of hydrogen-bond acceptors (Lipinski definition) is 2. The van der Waals surface area contributed by atoms with Crippen LogP contribution in [0.4, 0.5) is 0 Å². The van der Waals surface area contributed by atoms with Crippen LogP contribution in [-0.2, 0) is 4.79 Å². The molecule has 0 saturated carbocycles. The molecule has 1 aliphatic heterocycles. The lowest BCUT2D eigenvalue weighted by atomic mass is 9.76. The summed E-state index contributed by atoms with van der Waals surface area (Å²) >= 11 is 0. The molecule has 0 aromatic heterocycles. The van der Waals surface area contributed by atoms with Crippen molar-refractivity contribution in [3.63, 3.8) is 0 Å². The Kier molecular flexibility index (Phi) is 4.99. The quantitative estimate of drug-likeness (QED) is 0.804. The molecule has 0 bridgehead atoms. The third-order valence-corrected chi connectivity index (χ3v) is 3.93. The number of likely N-dealkylation sites (tertiary alicyclic amines) is 1. The van der Waals surface area contributed by atoms with E-state index in [1.54, 1.807) is 0 Å². The lowest BCUT2D eigenvalue weighted by molar-refractivity contribution is -0.151. The van der Waals surface area contributed by atoms with Crippen molar-refractivity contribution in [2.24, 2.45) is 11.3 Å². The van der Waals surface area contributed by atoms with Crippen LogP contribution < -0.4 is 0 Å². The van der Waals surface area contributed by atoms with E-state index in [9.17, 15) is 9.90 Å². The Hall–Kier alpha value is -0.570. The van der Waals surface area contributed by atoms with E-state index in [0.717, 1.165) is 25.9 Å². The van der Waals surface area contributed by atoms with E-state index < -0.39 is 5.97 Å². The molecule has 0 radical (unpaired) electrons. The van der Waals surface area contributed by atoms with Crippen LogP contribution in [-0.4, -0.2) is 35.1 Å². The van der Waals surface area contributed by atoms with Gasteiger partial charge in [-0.15, -0.1) is 0 Å². The molecule has 2 unspecified atom stereocenters. The Morgan fingerprint density at radius 1 is 1.53 bits per heavy atom. The highest BCUT2D eigenvalue weighted by atomic mass is 16.4. The molecule has 2 atom stereocenters. The summed E-state index contributed by atoms with van der Waals surface area (Å²) < 4.78 is 0. The summed E-state index contributed by atoms with van der Waals surface area (Å²) in [6.07, 6.45) is 4.50. The highest BCUT2D eigenvalue weighted by molar-refractivity contribution is 5.74. The maximum absolute atomic E-state index is 11.5. The van der Waals surface area contributed by atoms with E-state index in [2.05, 4.69) is 32.6 Å². The monoisotopic (exact) mass is 241 g/mol. The molecule has 1 aliphatic rings. The lowest BCUT2D eigenvalue weighted by Gasteiger charge is -2.44. The van der Waals surface area contributed by atoms with Gasteiger partial charge < -0.3 is 5.11 Å². The summed E-state index contributed by atoms with van der Waals surface area (Å²) in [7, 11) is 0. The fraction of sp³-hybridized carbons (Fsp3) is 0.929. The van der Waals surface area contributed by atoms with Gasteiger partial charge in [0.1, 0.15) is 6.04 Å². The highest BCUT2D eigenvalue weighted by Gasteiger charge is 2.42. The molecule has 100 valence electrons. The number of rotatable bonds is 5. The second-order valence-electron chi connectivity index (χ2n) is 6.22. The van der Waals surface area contributed by atoms with E-state index in [1.807, 2.05) is 0 Å². The topological polar surface area (TPSA) is 40.5 Å². The van der Waals surface area contributed by atoms with Crippen LogP contribution in [0.3, 0.4) is 0 Å². The molecule has 3 heteroatoms. The first-order chi connectivity index (χ1) is 7.88.